The van der Waals surface area contributed by atoms with Crippen molar-refractivity contribution in [1.29, 1.82) is 0 Å². The van der Waals surface area contributed by atoms with Gasteiger partial charge in [0.05, 0.1) is 0 Å². The fourth-order valence-electron chi connectivity index (χ4n) is 0.542. The standard InChI is InChI=1S/C9H14/c1-5-7-9(4)8(3)6-2/h5-7H,2H2,1,3-4H3. The Morgan fingerprint density at radius 2 is 1.78 bits per heavy atom. The molecule has 0 saturated carbocycles. The zero-order chi connectivity index (χ0) is 7.28. The largest absolute Gasteiger partial charge is 0.0988 e. The molecule has 0 radical (unpaired) electrons. The molecule has 0 saturated heterocycles. The fourth-order valence-corrected chi connectivity index (χ4v) is 0.542. The summed E-state index contributed by atoms with van der Waals surface area (Å²) in [7, 11) is 0. The third-order valence-electron chi connectivity index (χ3n) is 1.34. The summed E-state index contributed by atoms with van der Waals surface area (Å²) in [5.74, 6) is 0. The first-order valence-electron chi connectivity index (χ1n) is 3.15. The Bertz CT molecular complexity index is 147. The van der Waals surface area contributed by atoms with Gasteiger partial charge in [0.25, 0.3) is 0 Å². The molecule has 0 aromatic carbocycles. The quantitative estimate of drug-likeness (QED) is 0.494. The van der Waals surface area contributed by atoms with E-state index in [1.165, 1.54) is 11.1 Å². The van der Waals surface area contributed by atoms with Crippen molar-refractivity contribution in [2.75, 3.05) is 0 Å². The van der Waals surface area contributed by atoms with Gasteiger partial charge in [0.15, 0.2) is 0 Å². The van der Waals surface area contributed by atoms with Crippen LogP contribution in [0.1, 0.15) is 20.8 Å². The van der Waals surface area contributed by atoms with E-state index in [0.717, 1.165) is 0 Å². The monoisotopic (exact) mass is 122 g/mol. The fraction of sp³-hybridized carbons (Fsp3) is 0.333. The molecule has 9 heavy (non-hydrogen) atoms. The molecular weight excluding hydrogens is 108 g/mol. The molecule has 0 aromatic rings. The Kier molecular flexibility index (Phi) is 3.78. The summed E-state index contributed by atoms with van der Waals surface area (Å²) < 4.78 is 0. The second-order valence-electron chi connectivity index (χ2n) is 2.07. The molecule has 0 N–H and O–H groups in total. The molecule has 0 amide bonds. The molecule has 0 rings (SSSR count). The molecular formula is C9H14. The van der Waals surface area contributed by atoms with Crippen molar-refractivity contribution in [3.05, 3.63) is 36.0 Å². The predicted octanol–water partition coefficient (Wildman–Crippen LogP) is 3.08. The second-order valence-corrected chi connectivity index (χ2v) is 2.07. The number of hydrogen-bond donors (Lipinski definition) is 0. The Labute approximate surface area is 57.6 Å². The van der Waals surface area contributed by atoms with Crippen molar-refractivity contribution in [1.82, 2.24) is 0 Å². The van der Waals surface area contributed by atoms with E-state index in [-0.39, 0.29) is 0 Å². The van der Waals surface area contributed by atoms with Gasteiger partial charge < -0.3 is 0 Å². The van der Waals surface area contributed by atoms with E-state index in [9.17, 15) is 0 Å². The second kappa shape index (κ2) is 4.13. The van der Waals surface area contributed by atoms with E-state index in [4.69, 9.17) is 0 Å². The van der Waals surface area contributed by atoms with E-state index in [1.807, 2.05) is 19.1 Å². The highest BCUT2D eigenvalue weighted by Crippen LogP contribution is 2.04. The lowest BCUT2D eigenvalue weighted by Gasteiger charge is -1.93. The molecule has 0 unspecified atom stereocenters. The van der Waals surface area contributed by atoms with Crippen molar-refractivity contribution >= 4 is 0 Å². The van der Waals surface area contributed by atoms with Crippen LogP contribution in [0.25, 0.3) is 0 Å². The topological polar surface area (TPSA) is 0 Å². The first-order valence-corrected chi connectivity index (χ1v) is 3.15. The van der Waals surface area contributed by atoms with Gasteiger partial charge in [0, 0.05) is 0 Å². The van der Waals surface area contributed by atoms with E-state index >= 15 is 0 Å². The Balaban J connectivity index is 4.27. The van der Waals surface area contributed by atoms with Gasteiger partial charge in [-0.25, -0.2) is 0 Å². The summed E-state index contributed by atoms with van der Waals surface area (Å²) in [4.78, 5) is 0. The van der Waals surface area contributed by atoms with Crippen LogP contribution in [-0.2, 0) is 0 Å². The minimum absolute atomic E-state index is 1.24. The maximum Gasteiger partial charge on any atom is -0.0395 e. The number of rotatable bonds is 2. The van der Waals surface area contributed by atoms with E-state index in [1.54, 1.807) is 0 Å². The van der Waals surface area contributed by atoms with E-state index < -0.39 is 0 Å². The van der Waals surface area contributed by atoms with Crippen LogP contribution >= 0.6 is 0 Å². The maximum absolute atomic E-state index is 3.67. The van der Waals surface area contributed by atoms with Crippen molar-refractivity contribution < 1.29 is 0 Å². The zero-order valence-corrected chi connectivity index (χ0v) is 6.44. The number of allylic oxidation sites excluding steroid dienone is 5. The van der Waals surface area contributed by atoms with Gasteiger partial charge in [-0.05, 0) is 31.9 Å². The highest BCUT2D eigenvalue weighted by atomic mass is 13.9. The highest BCUT2D eigenvalue weighted by Gasteiger charge is 1.83. The lowest BCUT2D eigenvalue weighted by atomic mass is 10.1. The molecule has 0 atom stereocenters. The summed E-state index contributed by atoms with van der Waals surface area (Å²) in [6.07, 6.45) is 5.98. The van der Waals surface area contributed by atoms with Crippen LogP contribution in [0.2, 0.25) is 0 Å². The smallest absolute Gasteiger partial charge is 0.0395 e. The normalized spacial score (nSPS) is 13.7. The molecule has 0 aromatic heterocycles. The minimum atomic E-state index is 1.24. The maximum atomic E-state index is 3.67. The molecule has 0 fully saturated rings. The van der Waals surface area contributed by atoms with E-state index in [0.29, 0.717) is 0 Å². The van der Waals surface area contributed by atoms with Gasteiger partial charge in [0.1, 0.15) is 0 Å². The van der Waals surface area contributed by atoms with Gasteiger partial charge in [-0.3, -0.25) is 0 Å². The lowest BCUT2D eigenvalue weighted by Crippen LogP contribution is -1.73. The van der Waals surface area contributed by atoms with E-state index in [2.05, 4.69) is 26.5 Å². The predicted molar refractivity (Wildman–Crippen MR) is 43.4 cm³/mol. The average Bonchev–Trinajstić information content (AvgIpc) is 1.87. The van der Waals surface area contributed by atoms with Crippen LogP contribution < -0.4 is 0 Å². The van der Waals surface area contributed by atoms with Crippen molar-refractivity contribution in [3.63, 3.8) is 0 Å². The average molecular weight is 122 g/mol. The summed E-state index contributed by atoms with van der Waals surface area (Å²) in [5, 5.41) is 0. The molecule has 0 aliphatic carbocycles. The summed E-state index contributed by atoms with van der Waals surface area (Å²) >= 11 is 0. The summed E-state index contributed by atoms with van der Waals surface area (Å²) in [6, 6.07) is 0. The summed E-state index contributed by atoms with van der Waals surface area (Å²) in [5.41, 5.74) is 2.53. The molecule has 0 bridgehead atoms. The Morgan fingerprint density at radius 1 is 1.22 bits per heavy atom. The van der Waals surface area contributed by atoms with Gasteiger partial charge in [-0.15, -0.1) is 0 Å². The van der Waals surface area contributed by atoms with Crippen LogP contribution in [0.15, 0.2) is 36.0 Å². The third-order valence-corrected chi connectivity index (χ3v) is 1.34. The molecule has 0 heterocycles. The third kappa shape index (κ3) is 2.91. The van der Waals surface area contributed by atoms with Gasteiger partial charge in [-0.2, -0.15) is 0 Å². The first kappa shape index (κ1) is 8.22. The number of hydrogen-bond acceptors (Lipinski definition) is 0. The van der Waals surface area contributed by atoms with Crippen LogP contribution in [0, 0.1) is 0 Å². The van der Waals surface area contributed by atoms with Crippen LogP contribution in [0.4, 0.5) is 0 Å². The van der Waals surface area contributed by atoms with Crippen LogP contribution in [0.3, 0.4) is 0 Å². The van der Waals surface area contributed by atoms with Crippen LogP contribution in [-0.4, -0.2) is 0 Å². The SMILES string of the molecule is C=CC(C)=C(C)C=CC. The molecule has 0 heteroatoms. The molecule has 50 valence electrons. The minimum Gasteiger partial charge on any atom is -0.0988 e. The van der Waals surface area contributed by atoms with Gasteiger partial charge in [-0.1, -0.05) is 24.8 Å². The van der Waals surface area contributed by atoms with Crippen molar-refractivity contribution in [2.24, 2.45) is 0 Å². The summed E-state index contributed by atoms with van der Waals surface area (Å²) in [6.45, 7) is 9.82. The van der Waals surface area contributed by atoms with Gasteiger partial charge >= 0.3 is 0 Å². The Morgan fingerprint density at radius 3 is 2.11 bits per heavy atom. The molecule has 0 spiro atoms. The molecule has 0 aliphatic rings. The van der Waals surface area contributed by atoms with Crippen molar-refractivity contribution in [3.8, 4) is 0 Å². The van der Waals surface area contributed by atoms with Crippen LogP contribution in [0.5, 0.6) is 0 Å². The highest BCUT2D eigenvalue weighted by molar-refractivity contribution is 5.28. The molecule has 0 nitrogen and oxygen atoms in total. The lowest BCUT2D eigenvalue weighted by molar-refractivity contribution is 1.37. The Hall–Kier alpha value is -0.780. The first-order chi connectivity index (χ1) is 4.22. The zero-order valence-electron chi connectivity index (χ0n) is 6.44. The van der Waals surface area contributed by atoms with Crippen molar-refractivity contribution in [2.45, 2.75) is 20.8 Å². The van der Waals surface area contributed by atoms with Gasteiger partial charge in [0.2, 0.25) is 0 Å². The molecule has 0 aliphatic heterocycles.